The molecule has 0 amide bonds. The van der Waals surface area contributed by atoms with Crippen LogP contribution in [0.5, 0.6) is 0 Å². The van der Waals surface area contributed by atoms with Gasteiger partial charge in [0.05, 0.1) is 11.1 Å². The van der Waals surface area contributed by atoms with Crippen LogP contribution in [0.3, 0.4) is 0 Å². The molecule has 0 unspecified atom stereocenters. The largest absolute Gasteiger partial charge is 0.359 e. The van der Waals surface area contributed by atoms with E-state index in [9.17, 15) is 0 Å². The number of hydrogen-bond donors (Lipinski definition) is 3. The molecule has 0 bridgehead atoms. The van der Waals surface area contributed by atoms with Gasteiger partial charge in [0, 0.05) is 29.6 Å². The van der Waals surface area contributed by atoms with E-state index in [0.717, 1.165) is 23.6 Å². The van der Waals surface area contributed by atoms with Crippen LogP contribution < -0.4 is 16.0 Å². The molecule has 0 radical (unpaired) electrons. The first-order valence-corrected chi connectivity index (χ1v) is 8.14. The van der Waals surface area contributed by atoms with E-state index < -0.39 is 0 Å². The van der Waals surface area contributed by atoms with E-state index in [4.69, 9.17) is 23.8 Å². The molecule has 2 rings (SSSR count). The van der Waals surface area contributed by atoms with Crippen LogP contribution in [0.4, 0.5) is 5.69 Å². The molecule has 1 heterocycles. The molecule has 0 saturated carbocycles. The normalized spacial score (nSPS) is 20.8. The maximum absolute atomic E-state index is 5.89. The number of benzene rings is 1. The third kappa shape index (κ3) is 5.13. The highest BCUT2D eigenvalue weighted by Crippen LogP contribution is 2.22. The summed E-state index contributed by atoms with van der Waals surface area (Å²) in [6.45, 7) is 9.16. The van der Waals surface area contributed by atoms with Gasteiger partial charge >= 0.3 is 0 Å². The predicted octanol–water partition coefficient (Wildman–Crippen LogP) is 2.91. The van der Waals surface area contributed by atoms with Crippen molar-refractivity contribution in [2.75, 3.05) is 5.32 Å². The summed E-state index contributed by atoms with van der Waals surface area (Å²) >= 11 is 11.3. The van der Waals surface area contributed by atoms with E-state index in [0.29, 0.717) is 11.2 Å². The second kappa shape index (κ2) is 6.11. The van der Waals surface area contributed by atoms with E-state index in [-0.39, 0.29) is 11.1 Å². The molecular formula is C16H25ClN3S+. The van der Waals surface area contributed by atoms with E-state index in [1.54, 1.807) is 0 Å². The molecule has 0 atom stereocenters. The number of quaternary nitrogens is 1. The van der Waals surface area contributed by atoms with Crippen molar-refractivity contribution in [1.82, 2.24) is 5.32 Å². The average Bonchev–Trinajstić information content (AvgIpc) is 2.27. The molecular weight excluding hydrogens is 302 g/mol. The number of thiocarbonyl (C=S) groups is 1. The van der Waals surface area contributed by atoms with Crippen molar-refractivity contribution in [3.63, 3.8) is 0 Å². The number of halogens is 1. The molecule has 1 aliphatic rings. The highest BCUT2D eigenvalue weighted by atomic mass is 35.5. The molecule has 1 aromatic rings. The van der Waals surface area contributed by atoms with Crippen LogP contribution in [0.1, 0.15) is 40.5 Å². The fourth-order valence-corrected chi connectivity index (χ4v) is 3.92. The van der Waals surface area contributed by atoms with Gasteiger partial charge in [0.2, 0.25) is 0 Å². The molecule has 0 aliphatic carbocycles. The number of piperidine rings is 1. The molecule has 1 aliphatic heterocycles. The van der Waals surface area contributed by atoms with E-state index in [1.807, 2.05) is 24.3 Å². The number of anilines is 1. The van der Waals surface area contributed by atoms with Crippen molar-refractivity contribution in [1.29, 1.82) is 0 Å². The summed E-state index contributed by atoms with van der Waals surface area (Å²) in [4.78, 5) is 0. The summed E-state index contributed by atoms with van der Waals surface area (Å²) in [7, 11) is 0. The van der Waals surface area contributed by atoms with Gasteiger partial charge in [0.25, 0.3) is 0 Å². The zero-order valence-electron chi connectivity index (χ0n) is 13.2. The van der Waals surface area contributed by atoms with E-state index in [1.165, 1.54) is 0 Å². The Morgan fingerprint density at radius 1 is 1.14 bits per heavy atom. The van der Waals surface area contributed by atoms with Crippen LogP contribution in [0.2, 0.25) is 5.02 Å². The maximum Gasteiger partial charge on any atom is 0.171 e. The third-order valence-corrected chi connectivity index (χ3v) is 4.24. The fraction of sp³-hybridized carbons (Fsp3) is 0.562. The van der Waals surface area contributed by atoms with Crippen LogP contribution in [-0.4, -0.2) is 22.2 Å². The van der Waals surface area contributed by atoms with Crippen molar-refractivity contribution in [3.05, 3.63) is 29.3 Å². The van der Waals surface area contributed by atoms with Crippen LogP contribution >= 0.6 is 23.8 Å². The van der Waals surface area contributed by atoms with Crippen molar-refractivity contribution in [2.24, 2.45) is 0 Å². The highest BCUT2D eigenvalue weighted by molar-refractivity contribution is 7.80. The van der Waals surface area contributed by atoms with Crippen LogP contribution in [0, 0.1) is 0 Å². The lowest BCUT2D eigenvalue weighted by atomic mass is 9.80. The second-order valence-electron chi connectivity index (χ2n) is 7.33. The molecule has 21 heavy (non-hydrogen) atoms. The Balaban J connectivity index is 1.94. The molecule has 0 spiro atoms. The Morgan fingerprint density at radius 3 is 2.19 bits per heavy atom. The van der Waals surface area contributed by atoms with Gasteiger partial charge in [0.1, 0.15) is 0 Å². The number of hydrogen-bond acceptors (Lipinski definition) is 1. The van der Waals surface area contributed by atoms with E-state index >= 15 is 0 Å². The van der Waals surface area contributed by atoms with Crippen LogP contribution in [-0.2, 0) is 0 Å². The van der Waals surface area contributed by atoms with Gasteiger partial charge in [-0.1, -0.05) is 11.6 Å². The van der Waals surface area contributed by atoms with Gasteiger partial charge in [-0.3, -0.25) is 0 Å². The van der Waals surface area contributed by atoms with Crippen LogP contribution in [0.25, 0.3) is 0 Å². The first-order chi connectivity index (χ1) is 9.65. The smallest absolute Gasteiger partial charge is 0.171 e. The second-order valence-corrected chi connectivity index (χ2v) is 8.18. The van der Waals surface area contributed by atoms with Gasteiger partial charge in [-0.15, -0.1) is 0 Å². The summed E-state index contributed by atoms with van der Waals surface area (Å²) in [5, 5.41) is 10.6. The molecule has 1 saturated heterocycles. The van der Waals surface area contributed by atoms with Gasteiger partial charge < -0.3 is 16.0 Å². The minimum atomic E-state index is 0.231. The minimum absolute atomic E-state index is 0.231. The predicted molar refractivity (Wildman–Crippen MR) is 93.9 cm³/mol. The summed E-state index contributed by atoms with van der Waals surface area (Å²) in [6.07, 6.45) is 2.19. The standard InChI is InChI=1S/C16H24ClN3S/c1-15(2)9-13(10-16(3,4)20-15)19-14(21)18-12-7-5-11(17)6-8-12/h5-8,13,20H,9-10H2,1-4H3,(H2,18,19,21)/p+1. The first kappa shape index (κ1) is 16.5. The summed E-state index contributed by atoms with van der Waals surface area (Å²) in [5.41, 5.74) is 1.42. The molecule has 0 aromatic heterocycles. The molecule has 1 fully saturated rings. The zero-order valence-corrected chi connectivity index (χ0v) is 14.7. The number of nitrogens with two attached hydrogens (primary N) is 1. The lowest BCUT2D eigenvalue weighted by molar-refractivity contribution is -0.787. The number of nitrogens with one attached hydrogen (secondary N) is 2. The van der Waals surface area contributed by atoms with Gasteiger partial charge in [0.15, 0.2) is 5.11 Å². The topological polar surface area (TPSA) is 40.7 Å². The Labute approximate surface area is 137 Å². The van der Waals surface area contributed by atoms with Crippen molar-refractivity contribution in [3.8, 4) is 0 Å². The lowest BCUT2D eigenvalue weighted by Crippen LogP contribution is -3.06. The van der Waals surface area contributed by atoms with Gasteiger partial charge in [-0.25, -0.2) is 0 Å². The Kier molecular flexibility index (Phi) is 4.81. The van der Waals surface area contributed by atoms with Crippen LogP contribution in [0.15, 0.2) is 24.3 Å². The lowest BCUT2D eigenvalue weighted by Gasteiger charge is -2.43. The first-order valence-electron chi connectivity index (χ1n) is 7.35. The molecule has 4 N–H and O–H groups in total. The zero-order chi connectivity index (χ0) is 15.7. The average molecular weight is 327 g/mol. The Bertz CT molecular complexity index is 495. The van der Waals surface area contributed by atoms with Gasteiger partial charge in [-0.05, 0) is 64.2 Å². The summed E-state index contributed by atoms with van der Waals surface area (Å²) in [6, 6.07) is 7.97. The summed E-state index contributed by atoms with van der Waals surface area (Å²) < 4.78 is 0. The Morgan fingerprint density at radius 2 is 1.67 bits per heavy atom. The molecule has 5 heteroatoms. The highest BCUT2D eigenvalue weighted by Gasteiger charge is 2.41. The molecule has 1 aromatic carbocycles. The Hall–Kier alpha value is -0.840. The minimum Gasteiger partial charge on any atom is -0.359 e. The van der Waals surface area contributed by atoms with Gasteiger partial charge in [-0.2, -0.15) is 0 Å². The quantitative estimate of drug-likeness (QED) is 0.732. The van der Waals surface area contributed by atoms with Crippen molar-refractivity contribution >= 4 is 34.6 Å². The number of rotatable bonds is 2. The van der Waals surface area contributed by atoms with E-state index in [2.05, 4.69) is 43.6 Å². The summed E-state index contributed by atoms with van der Waals surface area (Å²) in [5.74, 6) is 0. The van der Waals surface area contributed by atoms with Crippen molar-refractivity contribution in [2.45, 2.75) is 57.7 Å². The molecule has 3 nitrogen and oxygen atoms in total. The molecule has 116 valence electrons. The fourth-order valence-electron chi connectivity index (χ4n) is 3.51. The monoisotopic (exact) mass is 326 g/mol. The maximum atomic E-state index is 5.89. The third-order valence-electron chi connectivity index (χ3n) is 3.76. The SMILES string of the molecule is CC1(C)CC(NC(=S)Nc2ccc(Cl)cc2)CC(C)(C)[NH2+]1. The van der Waals surface area contributed by atoms with Crippen molar-refractivity contribution < 1.29 is 5.32 Å².